The van der Waals surface area contributed by atoms with Crippen LogP contribution in [0, 0.1) is 17.8 Å². The fourth-order valence-electron chi connectivity index (χ4n) is 10.4. The average Bonchev–Trinajstić information content (AvgIpc) is 3.64. The molecule has 0 bridgehead atoms. The summed E-state index contributed by atoms with van der Waals surface area (Å²) in [5.41, 5.74) is 11.6. The van der Waals surface area contributed by atoms with Gasteiger partial charge in [-0.2, -0.15) is 0 Å². The number of hydrogen-bond donors (Lipinski definition) is 3. The molecule has 0 radical (unpaired) electrons. The van der Waals surface area contributed by atoms with Gasteiger partial charge in [-0.05, 0) is 93.8 Å². The highest BCUT2D eigenvalue weighted by atomic mass is 32.1. The van der Waals surface area contributed by atoms with Crippen molar-refractivity contribution in [3.05, 3.63) is 194 Å². The molecule has 3 aromatic carbocycles. The van der Waals surface area contributed by atoms with Gasteiger partial charge in [-0.25, -0.2) is 0 Å². The second-order valence-corrected chi connectivity index (χ2v) is 17.3. The van der Waals surface area contributed by atoms with E-state index < -0.39 is 0 Å². The van der Waals surface area contributed by atoms with Crippen molar-refractivity contribution < 1.29 is 0 Å². The zero-order valence-corrected chi connectivity index (χ0v) is 31.9. The molecule has 4 heteroatoms. The minimum atomic E-state index is -0.0331. The third kappa shape index (κ3) is 5.98. The highest BCUT2D eigenvalue weighted by molar-refractivity contribution is 7.17. The number of allylic oxidation sites excluding steroid dienone is 15. The van der Waals surface area contributed by atoms with Crippen molar-refractivity contribution in [3.63, 3.8) is 0 Å². The number of thiophene rings is 1. The predicted octanol–water partition coefficient (Wildman–Crippen LogP) is 10.0. The van der Waals surface area contributed by atoms with E-state index >= 15 is 0 Å². The van der Waals surface area contributed by atoms with E-state index in [1.807, 2.05) is 11.3 Å². The molecule has 0 spiro atoms. The standard InChI is InChI=1S/C51H47N3S/c1-3-13-32(14-4-1)33-23-25-35(26-24-33)50-52-49(34-15-5-2-6-16-34)53-51(54-50)37-29-44(36-27-28-42-41-20-11-12-22-46(41)55-47(42)31-36)48-43-21-10-9-18-39(43)38-17-7-8-19-40(38)45(48)30-37/h1-6,8-13,15-16,18-25,28-32,35-36,39,43,49-54H,7,14,17,26-27H2. The van der Waals surface area contributed by atoms with Gasteiger partial charge in [0.1, 0.15) is 0 Å². The molecule has 0 saturated carbocycles. The molecule has 1 aromatic heterocycles. The van der Waals surface area contributed by atoms with Gasteiger partial charge < -0.3 is 0 Å². The molecule has 272 valence electrons. The molecule has 6 aliphatic carbocycles. The molecular formula is C51H47N3S. The number of fused-ring (bicyclic) bond motifs is 8. The maximum atomic E-state index is 4.13. The first-order valence-corrected chi connectivity index (χ1v) is 21.2. The Balaban J connectivity index is 1.03. The van der Waals surface area contributed by atoms with Crippen molar-refractivity contribution >= 4 is 39.1 Å². The molecule has 1 aliphatic heterocycles. The van der Waals surface area contributed by atoms with E-state index in [4.69, 9.17) is 0 Å². The molecule has 0 amide bonds. The molecule has 3 nitrogen and oxygen atoms in total. The van der Waals surface area contributed by atoms with Crippen LogP contribution in [0.3, 0.4) is 0 Å². The van der Waals surface area contributed by atoms with Crippen molar-refractivity contribution in [1.29, 1.82) is 0 Å². The molecule has 3 N–H and O–H groups in total. The smallest absolute Gasteiger partial charge is 0.0862 e. The van der Waals surface area contributed by atoms with Gasteiger partial charge in [-0.1, -0.05) is 151 Å². The summed E-state index contributed by atoms with van der Waals surface area (Å²) in [7, 11) is 0. The van der Waals surface area contributed by atoms with Crippen LogP contribution < -0.4 is 25.7 Å². The van der Waals surface area contributed by atoms with Gasteiger partial charge in [0, 0.05) is 38.8 Å². The molecule has 8 unspecified atom stereocenters. The maximum Gasteiger partial charge on any atom is 0.0862 e. The van der Waals surface area contributed by atoms with E-state index in [2.05, 4.69) is 174 Å². The second kappa shape index (κ2) is 14.0. The Kier molecular flexibility index (Phi) is 8.54. The van der Waals surface area contributed by atoms with Gasteiger partial charge in [0.15, 0.2) is 0 Å². The van der Waals surface area contributed by atoms with Crippen molar-refractivity contribution in [2.45, 2.75) is 62.4 Å². The summed E-state index contributed by atoms with van der Waals surface area (Å²) in [6.45, 7) is 0. The summed E-state index contributed by atoms with van der Waals surface area (Å²) in [5.74, 6) is 1.90. The minimum absolute atomic E-state index is 0.0120. The van der Waals surface area contributed by atoms with E-state index in [-0.39, 0.29) is 18.5 Å². The van der Waals surface area contributed by atoms with Gasteiger partial charge in [0.2, 0.25) is 0 Å². The second-order valence-electron chi connectivity index (χ2n) is 16.2. The zero-order valence-electron chi connectivity index (χ0n) is 31.1. The highest BCUT2D eigenvalue weighted by Gasteiger charge is 2.39. The summed E-state index contributed by atoms with van der Waals surface area (Å²) >= 11 is 1.95. The molecule has 8 atom stereocenters. The monoisotopic (exact) mass is 733 g/mol. The van der Waals surface area contributed by atoms with Crippen molar-refractivity contribution in [1.82, 2.24) is 16.0 Å². The molecule has 4 aromatic rings. The van der Waals surface area contributed by atoms with Crippen LogP contribution >= 0.6 is 11.3 Å². The van der Waals surface area contributed by atoms with E-state index in [0.717, 1.165) is 32.1 Å². The number of rotatable bonds is 5. The third-order valence-corrected chi connectivity index (χ3v) is 14.2. The number of benzene rings is 3. The van der Waals surface area contributed by atoms with Crippen LogP contribution in [0.2, 0.25) is 0 Å². The van der Waals surface area contributed by atoms with Crippen LogP contribution in [-0.2, 0) is 0 Å². The van der Waals surface area contributed by atoms with Crippen LogP contribution in [-0.4, -0.2) is 6.17 Å². The largest absolute Gasteiger partial charge is 0.282 e. The maximum absolute atomic E-state index is 4.13. The molecule has 11 rings (SSSR count). The summed E-state index contributed by atoms with van der Waals surface area (Å²) in [4.78, 5) is 0. The lowest BCUT2D eigenvalue weighted by molar-refractivity contribution is 0.170. The Hall–Kier alpha value is -4.84. The molecule has 1 saturated heterocycles. The Bertz CT molecular complexity index is 2560. The van der Waals surface area contributed by atoms with E-state index in [9.17, 15) is 0 Å². The lowest BCUT2D eigenvalue weighted by Crippen LogP contribution is -2.61. The minimum Gasteiger partial charge on any atom is -0.282 e. The van der Waals surface area contributed by atoms with Crippen LogP contribution in [0.5, 0.6) is 0 Å². The Labute approximate surface area is 328 Å². The van der Waals surface area contributed by atoms with Gasteiger partial charge in [-0.15, -0.1) is 11.3 Å². The first kappa shape index (κ1) is 33.5. The van der Waals surface area contributed by atoms with Gasteiger partial charge in [0.25, 0.3) is 0 Å². The summed E-state index contributed by atoms with van der Waals surface area (Å²) in [6.07, 6.45) is 41.3. The fourth-order valence-corrected chi connectivity index (χ4v) is 11.6. The summed E-state index contributed by atoms with van der Waals surface area (Å²) in [5, 5.41) is 15.0. The molecule has 7 aliphatic rings. The lowest BCUT2D eigenvalue weighted by atomic mass is 9.65. The lowest BCUT2D eigenvalue weighted by Gasteiger charge is -2.43. The predicted molar refractivity (Wildman–Crippen MR) is 230 cm³/mol. The van der Waals surface area contributed by atoms with Gasteiger partial charge >= 0.3 is 0 Å². The van der Waals surface area contributed by atoms with Crippen LogP contribution in [0.4, 0.5) is 0 Å². The normalized spacial score (nSPS) is 30.2. The van der Waals surface area contributed by atoms with E-state index in [0.29, 0.717) is 29.6 Å². The van der Waals surface area contributed by atoms with Gasteiger partial charge in [0.05, 0.1) is 18.5 Å². The average molecular weight is 734 g/mol. The number of nitrogens with one attached hydrogen (secondary N) is 3. The van der Waals surface area contributed by atoms with Crippen molar-refractivity contribution in [2.24, 2.45) is 17.8 Å². The first-order valence-electron chi connectivity index (χ1n) is 20.4. The summed E-state index contributed by atoms with van der Waals surface area (Å²) < 4.78 is 2.80. The Morgan fingerprint density at radius 2 is 1.49 bits per heavy atom. The van der Waals surface area contributed by atoms with Crippen molar-refractivity contribution in [2.75, 3.05) is 0 Å². The zero-order chi connectivity index (χ0) is 36.3. The topological polar surface area (TPSA) is 36.1 Å². The first-order chi connectivity index (χ1) is 27.2. The summed E-state index contributed by atoms with van der Waals surface area (Å²) in [6, 6.07) is 25.0. The number of hydrogen-bond acceptors (Lipinski definition) is 4. The quantitative estimate of drug-likeness (QED) is 0.191. The van der Waals surface area contributed by atoms with Gasteiger partial charge in [-0.3, -0.25) is 16.0 Å². The fraction of sp³-hybridized carbons (Fsp3) is 0.255. The molecule has 1 fully saturated rings. The SMILES string of the molecule is C1=CCC(C2=CCC(C3NC(c4ccccc4)NC(c4cc5c(c(C6C=c7sc8ccccc8c7=CC6)c4)C4C=CC=CC4C4=C5C=CCC4)N3)C=C2)C=C1. The highest BCUT2D eigenvalue weighted by Crippen LogP contribution is 2.52. The Morgan fingerprint density at radius 1 is 0.655 bits per heavy atom. The van der Waals surface area contributed by atoms with Crippen molar-refractivity contribution in [3.8, 4) is 0 Å². The molecule has 2 heterocycles. The molecular weight excluding hydrogens is 687 g/mol. The Morgan fingerprint density at radius 3 is 2.35 bits per heavy atom. The van der Waals surface area contributed by atoms with E-state index in [1.54, 1.807) is 5.57 Å². The van der Waals surface area contributed by atoms with E-state index in [1.165, 1.54) is 58.8 Å². The van der Waals surface area contributed by atoms with Crippen LogP contribution in [0.1, 0.15) is 84.1 Å². The van der Waals surface area contributed by atoms with Crippen LogP contribution in [0.15, 0.2) is 157 Å². The molecule has 55 heavy (non-hydrogen) atoms. The third-order valence-electron chi connectivity index (χ3n) is 13.1. The van der Waals surface area contributed by atoms with Crippen LogP contribution in [0.25, 0.3) is 27.8 Å².